The second-order valence-corrected chi connectivity index (χ2v) is 14.2. The van der Waals surface area contributed by atoms with Gasteiger partial charge >= 0.3 is 0 Å². The number of aryl methyl sites for hydroxylation is 2. The summed E-state index contributed by atoms with van der Waals surface area (Å²) in [7, 11) is -3.91. The predicted molar refractivity (Wildman–Crippen MR) is 167 cm³/mol. The van der Waals surface area contributed by atoms with E-state index in [4.69, 9.17) is 0 Å². The predicted octanol–water partition coefficient (Wildman–Crippen LogP) is 8.07. The number of pyridine rings is 2. The number of rotatable bonds is 8. The Morgan fingerprint density at radius 2 is 1.09 bits per heavy atom. The molecule has 43 heavy (non-hydrogen) atoms. The van der Waals surface area contributed by atoms with Crippen LogP contribution < -0.4 is 0 Å². The summed E-state index contributed by atoms with van der Waals surface area (Å²) in [5.41, 5.74) is 5.62. The van der Waals surface area contributed by atoms with Crippen LogP contribution in [0, 0.1) is 25.5 Å². The first-order valence-corrected chi connectivity index (χ1v) is 16.8. The van der Waals surface area contributed by atoms with Gasteiger partial charge in [0.15, 0.2) is 9.84 Å². The van der Waals surface area contributed by atoms with Crippen molar-refractivity contribution < 1.29 is 17.2 Å². The summed E-state index contributed by atoms with van der Waals surface area (Å²) in [5, 5.41) is 5.66. The van der Waals surface area contributed by atoms with E-state index in [1.807, 2.05) is 36.7 Å². The zero-order valence-corrected chi connectivity index (χ0v) is 25.5. The number of halogens is 2. The lowest BCUT2D eigenvalue weighted by Gasteiger charge is -2.12. The van der Waals surface area contributed by atoms with Crippen molar-refractivity contribution in [3.63, 3.8) is 0 Å². The minimum atomic E-state index is -3.91. The average molecular weight is 631 g/mol. The van der Waals surface area contributed by atoms with Crippen LogP contribution in [0.5, 0.6) is 0 Å². The van der Waals surface area contributed by atoms with Gasteiger partial charge in [-0.25, -0.2) is 27.2 Å². The first-order chi connectivity index (χ1) is 20.7. The highest BCUT2D eigenvalue weighted by molar-refractivity contribution is 7.89. The van der Waals surface area contributed by atoms with Crippen molar-refractivity contribution in [3.8, 4) is 44.8 Å². The summed E-state index contributed by atoms with van der Waals surface area (Å²) in [5.74, 6) is -2.46. The van der Waals surface area contributed by atoms with Crippen molar-refractivity contribution in [3.05, 3.63) is 117 Å². The molecular weight excluding hydrogens is 607 g/mol. The highest BCUT2D eigenvalue weighted by Gasteiger charge is 2.20. The van der Waals surface area contributed by atoms with Gasteiger partial charge in [0.2, 0.25) is 0 Å². The number of nitrogens with zero attached hydrogens (tertiary/aromatic N) is 4. The minimum absolute atomic E-state index is 0.00859. The third-order valence-electron chi connectivity index (χ3n) is 6.91. The fourth-order valence-electron chi connectivity index (χ4n) is 4.86. The molecule has 6 rings (SSSR count). The summed E-state index contributed by atoms with van der Waals surface area (Å²) in [6, 6.07) is 12.5. The standard InChI is InChI=1S/C32H24F2N4O2S3/c1-19-37-31(15-41-19)25-7-9-35-13-27(25)21-3-5-23(29(33)11-21)17-43(39,40)18-24-6-4-22(12-30(24)34)28-14-36-10-8-26(28)32-16-42-20(2)38-32/h3-16H,17-18H2,1-2H3. The zero-order valence-electron chi connectivity index (χ0n) is 23.1. The molecule has 0 radical (unpaired) electrons. The van der Waals surface area contributed by atoms with E-state index in [0.29, 0.717) is 22.3 Å². The topological polar surface area (TPSA) is 85.7 Å². The molecule has 0 amide bonds. The van der Waals surface area contributed by atoms with Gasteiger partial charge in [0, 0.05) is 68.9 Å². The molecule has 0 atom stereocenters. The van der Waals surface area contributed by atoms with Crippen LogP contribution in [0.1, 0.15) is 21.1 Å². The first kappa shape index (κ1) is 28.9. The van der Waals surface area contributed by atoms with Gasteiger partial charge in [-0.05, 0) is 49.2 Å². The molecular formula is C32H24F2N4O2S3. The quantitative estimate of drug-likeness (QED) is 0.169. The lowest BCUT2D eigenvalue weighted by molar-refractivity contribution is 0.581. The Morgan fingerprint density at radius 3 is 1.47 bits per heavy atom. The van der Waals surface area contributed by atoms with Crippen molar-refractivity contribution in [1.29, 1.82) is 0 Å². The van der Waals surface area contributed by atoms with Crippen LogP contribution in [0.4, 0.5) is 8.78 Å². The van der Waals surface area contributed by atoms with Crippen molar-refractivity contribution in [2.24, 2.45) is 0 Å². The van der Waals surface area contributed by atoms with Gasteiger partial charge in [-0.1, -0.05) is 24.3 Å². The van der Waals surface area contributed by atoms with Gasteiger partial charge in [0.05, 0.1) is 32.9 Å². The van der Waals surface area contributed by atoms with Crippen LogP contribution in [-0.4, -0.2) is 28.4 Å². The second kappa shape index (κ2) is 11.8. The molecule has 216 valence electrons. The third kappa shape index (κ3) is 6.29. The number of aromatic nitrogens is 4. The third-order valence-corrected chi connectivity index (χ3v) is 9.96. The second-order valence-electron chi connectivity index (χ2n) is 9.99. The minimum Gasteiger partial charge on any atom is -0.264 e. The van der Waals surface area contributed by atoms with Crippen LogP contribution in [0.2, 0.25) is 0 Å². The molecule has 4 heterocycles. The van der Waals surface area contributed by atoms with Gasteiger partial charge in [0.1, 0.15) is 11.6 Å². The normalized spacial score (nSPS) is 11.6. The van der Waals surface area contributed by atoms with E-state index < -0.39 is 33.0 Å². The molecule has 6 nitrogen and oxygen atoms in total. The van der Waals surface area contributed by atoms with Crippen LogP contribution in [0.25, 0.3) is 44.8 Å². The van der Waals surface area contributed by atoms with Gasteiger partial charge in [0.25, 0.3) is 0 Å². The molecule has 0 aliphatic carbocycles. The Labute approximate surface area is 255 Å². The summed E-state index contributed by atoms with van der Waals surface area (Å²) in [6.07, 6.45) is 6.56. The van der Waals surface area contributed by atoms with Crippen molar-refractivity contribution in [1.82, 2.24) is 19.9 Å². The molecule has 0 saturated heterocycles. The lowest BCUT2D eigenvalue weighted by Crippen LogP contribution is -2.10. The maximum Gasteiger partial charge on any atom is 0.158 e. The molecule has 2 aromatic carbocycles. The van der Waals surface area contributed by atoms with Gasteiger partial charge in [-0.2, -0.15) is 0 Å². The number of thiazole rings is 2. The monoisotopic (exact) mass is 630 g/mol. The number of sulfone groups is 1. The molecule has 4 aromatic heterocycles. The lowest BCUT2D eigenvalue weighted by atomic mass is 9.99. The molecule has 0 N–H and O–H groups in total. The molecule has 0 unspecified atom stereocenters. The molecule has 11 heteroatoms. The highest BCUT2D eigenvalue weighted by atomic mass is 32.2. The van der Waals surface area contributed by atoms with Gasteiger partial charge in [-0.3, -0.25) is 9.97 Å². The Kier molecular flexibility index (Phi) is 7.95. The van der Waals surface area contributed by atoms with E-state index in [1.54, 1.807) is 36.9 Å². The number of hydrogen-bond donors (Lipinski definition) is 0. The average Bonchev–Trinajstić information content (AvgIpc) is 3.63. The zero-order chi connectivity index (χ0) is 30.1. The van der Waals surface area contributed by atoms with Crippen LogP contribution in [0.3, 0.4) is 0 Å². The molecule has 0 fully saturated rings. The van der Waals surface area contributed by atoms with E-state index in [1.165, 1.54) is 46.9 Å². The highest BCUT2D eigenvalue weighted by Crippen LogP contribution is 2.35. The van der Waals surface area contributed by atoms with E-state index in [2.05, 4.69) is 19.9 Å². The van der Waals surface area contributed by atoms with Crippen LogP contribution in [-0.2, 0) is 21.3 Å². The summed E-state index contributed by atoms with van der Waals surface area (Å²) < 4.78 is 56.7. The molecule has 0 saturated carbocycles. The summed E-state index contributed by atoms with van der Waals surface area (Å²) in [4.78, 5) is 17.4. The largest absolute Gasteiger partial charge is 0.264 e. The fraction of sp³-hybridized carbons (Fsp3) is 0.125. The van der Waals surface area contributed by atoms with Crippen molar-refractivity contribution >= 4 is 32.5 Å². The summed E-state index contributed by atoms with van der Waals surface area (Å²) >= 11 is 3.03. The van der Waals surface area contributed by atoms with Crippen molar-refractivity contribution in [2.45, 2.75) is 25.4 Å². The Morgan fingerprint density at radius 1 is 0.651 bits per heavy atom. The van der Waals surface area contributed by atoms with E-state index in [9.17, 15) is 8.42 Å². The van der Waals surface area contributed by atoms with Crippen LogP contribution >= 0.6 is 22.7 Å². The fourth-order valence-corrected chi connectivity index (χ4v) is 7.60. The molecule has 6 aromatic rings. The summed E-state index contributed by atoms with van der Waals surface area (Å²) in [6.45, 7) is 3.82. The molecule has 0 spiro atoms. The van der Waals surface area contributed by atoms with E-state index in [0.717, 1.165) is 32.5 Å². The maximum absolute atomic E-state index is 15.3. The van der Waals surface area contributed by atoms with Crippen molar-refractivity contribution in [2.75, 3.05) is 0 Å². The van der Waals surface area contributed by atoms with E-state index in [-0.39, 0.29) is 11.1 Å². The Hall–Kier alpha value is -4.19. The molecule has 0 bridgehead atoms. The first-order valence-electron chi connectivity index (χ1n) is 13.2. The Bertz CT molecular complexity index is 1930. The van der Waals surface area contributed by atoms with Gasteiger partial charge in [-0.15, -0.1) is 22.7 Å². The number of benzene rings is 2. The smallest absolute Gasteiger partial charge is 0.158 e. The van der Waals surface area contributed by atoms with E-state index >= 15 is 8.78 Å². The Balaban J connectivity index is 1.22. The molecule has 0 aliphatic heterocycles. The van der Waals surface area contributed by atoms with Crippen LogP contribution in [0.15, 0.2) is 84.1 Å². The number of hydrogen-bond acceptors (Lipinski definition) is 8. The SMILES string of the molecule is Cc1nc(-c2ccncc2-c2ccc(CS(=O)(=O)Cc3ccc(-c4cnccc4-c4csc(C)n4)cc3F)c(F)c2)cs1. The maximum atomic E-state index is 15.3. The van der Waals surface area contributed by atoms with Gasteiger partial charge < -0.3 is 0 Å². The molecule has 0 aliphatic rings.